The lowest BCUT2D eigenvalue weighted by molar-refractivity contribution is -0.279. The number of alkyl halides is 3. The van der Waals surface area contributed by atoms with Crippen LogP contribution in [-0.4, -0.2) is 61.8 Å². The van der Waals surface area contributed by atoms with E-state index in [-0.39, 0.29) is 5.04 Å². The van der Waals surface area contributed by atoms with E-state index < -0.39 is 54.7 Å². The normalized spacial score (nSPS) is 29.3. The molecule has 1 N–H and O–H groups in total. The molecule has 0 unspecified atom stereocenters. The molecule has 1 aliphatic heterocycles. The molecular weight excluding hydrogens is 449 g/mol. The van der Waals surface area contributed by atoms with Gasteiger partial charge in [0.2, 0.25) is 12.2 Å². The Kier molecular flexibility index (Phi) is 8.68. The Morgan fingerprint density at radius 2 is 1.61 bits per heavy atom. The molecule has 1 fully saturated rings. The number of nitrogens with one attached hydrogen (secondary N) is 1. The quantitative estimate of drug-likeness (QED) is 0.207. The van der Waals surface area contributed by atoms with Crippen LogP contribution in [0.4, 0.5) is 0 Å². The standard InChI is InChI=1S/C17H30Cl3NO6Si/c1-9-11(27-28(7,8)16(3,4)5)12(23-6)13(25-10(2)22)14(24-9)26-15(21)17(18,19)20/h9,11-14,21H,1-8H3/t9-,11-,12+,13+,14+/m0/s1. The molecule has 0 aliphatic carbocycles. The Balaban J connectivity index is 3.19. The van der Waals surface area contributed by atoms with Gasteiger partial charge in [-0.3, -0.25) is 10.2 Å². The second-order valence-corrected chi connectivity index (χ2v) is 15.3. The zero-order valence-corrected chi connectivity index (χ0v) is 20.7. The first-order chi connectivity index (χ1) is 12.5. The molecule has 164 valence electrons. The largest absolute Gasteiger partial charge is 0.453 e. The Bertz CT molecular complexity index is 578. The van der Waals surface area contributed by atoms with Crippen LogP contribution in [0.5, 0.6) is 0 Å². The molecule has 5 atom stereocenters. The molecule has 1 rings (SSSR count). The van der Waals surface area contributed by atoms with Crippen LogP contribution in [-0.2, 0) is 28.2 Å². The van der Waals surface area contributed by atoms with Crippen LogP contribution in [0.3, 0.4) is 0 Å². The van der Waals surface area contributed by atoms with Gasteiger partial charge in [0.25, 0.3) is 3.79 Å². The second kappa shape index (κ2) is 9.37. The van der Waals surface area contributed by atoms with Gasteiger partial charge in [0.15, 0.2) is 14.4 Å². The van der Waals surface area contributed by atoms with E-state index in [2.05, 4.69) is 33.9 Å². The molecule has 0 aromatic carbocycles. The van der Waals surface area contributed by atoms with Gasteiger partial charge in [-0.15, -0.1) is 0 Å². The lowest BCUT2D eigenvalue weighted by atomic mass is 9.99. The van der Waals surface area contributed by atoms with Crippen molar-refractivity contribution in [2.75, 3.05) is 7.11 Å². The molecular formula is C17H30Cl3NO6Si. The Morgan fingerprint density at radius 3 is 2.00 bits per heavy atom. The van der Waals surface area contributed by atoms with Crippen molar-refractivity contribution in [3.63, 3.8) is 0 Å². The van der Waals surface area contributed by atoms with Gasteiger partial charge in [-0.05, 0) is 25.1 Å². The summed E-state index contributed by atoms with van der Waals surface area (Å²) >= 11 is 17.1. The summed E-state index contributed by atoms with van der Waals surface area (Å²) in [5.74, 6) is -1.21. The number of carbonyl (C=O) groups is 1. The van der Waals surface area contributed by atoms with Gasteiger partial charge >= 0.3 is 5.97 Å². The second-order valence-electron chi connectivity index (χ2n) is 8.27. The van der Waals surface area contributed by atoms with Crippen LogP contribution in [0.2, 0.25) is 18.1 Å². The maximum Gasteiger partial charge on any atom is 0.303 e. The number of methoxy groups -OCH3 is 1. The zero-order chi connectivity index (χ0) is 22.1. The lowest BCUT2D eigenvalue weighted by Crippen LogP contribution is -2.63. The Morgan fingerprint density at radius 1 is 1.07 bits per heavy atom. The molecule has 1 heterocycles. The average Bonchev–Trinajstić information content (AvgIpc) is 2.49. The SMILES string of the molecule is CO[C@@H]1[C@@H](O[Si](C)(C)C(C)(C)C)[C@H](C)O[C@H](OC(=N)C(Cl)(Cl)Cl)[C@@H]1OC(C)=O. The summed E-state index contributed by atoms with van der Waals surface area (Å²) in [5.41, 5.74) is 0. The van der Waals surface area contributed by atoms with Gasteiger partial charge in [0.05, 0.1) is 6.10 Å². The molecule has 11 heteroatoms. The van der Waals surface area contributed by atoms with Crippen LogP contribution < -0.4 is 0 Å². The van der Waals surface area contributed by atoms with E-state index in [9.17, 15) is 4.79 Å². The summed E-state index contributed by atoms with van der Waals surface area (Å²) in [5, 5.41) is 7.76. The molecule has 7 nitrogen and oxygen atoms in total. The van der Waals surface area contributed by atoms with Gasteiger partial charge in [0.1, 0.15) is 12.2 Å². The summed E-state index contributed by atoms with van der Waals surface area (Å²) in [6.45, 7) is 13.6. The number of hydrogen-bond acceptors (Lipinski definition) is 7. The summed E-state index contributed by atoms with van der Waals surface area (Å²) in [6, 6.07) is 0. The third-order valence-corrected chi connectivity index (χ3v) is 10.0. The van der Waals surface area contributed by atoms with Crippen LogP contribution in [0.1, 0.15) is 34.6 Å². The van der Waals surface area contributed by atoms with Crippen molar-refractivity contribution < 1.29 is 28.2 Å². The van der Waals surface area contributed by atoms with Crippen LogP contribution >= 0.6 is 34.8 Å². The highest BCUT2D eigenvalue weighted by molar-refractivity contribution is 6.76. The summed E-state index contributed by atoms with van der Waals surface area (Å²) in [4.78, 5) is 11.7. The smallest absolute Gasteiger partial charge is 0.303 e. The summed E-state index contributed by atoms with van der Waals surface area (Å²) in [7, 11) is -0.708. The van der Waals surface area contributed by atoms with Crippen LogP contribution in [0.15, 0.2) is 0 Å². The topological polar surface area (TPSA) is 87.1 Å². The zero-order valence-electron chi connectivity index (χ0n) is 17.5. The molecule has 0 aromatic heterocycles. The fraction of sp³-hybridized carbons (Fsp3) is 0.882. The molecule has 0 aromatic rings. The van der Waals surface area contributed by atoms with Crippen molar-refractivity contribution in [1.29, 1.82) is 5.41 Å². The number of hydrogen-bond donors (Lipinski definition) is 1. The molecule has 1 saturated heterocycles. The van der Waals surface area contributed by atoms with E-state index in [4.69, 9.17) is 63.6 Å². The maximum atomic E-state index is 11.7. The number of ether oxygens (including phenoxy) is 4. The highest BCUT2D eigenvalue weighted by Crippen LogP contribution is 2.40. The minimum absolute atomic E-state index is 0.0487. The fourth-order valence-electron chi connectivity index (χ4n) is 2.52. The van der Waals surface area contributed by atoms with Crippen molar-refractivity contribution >= 4 is 55.0 Å². The van der Waals surface area contributed by atoms with Crippen molar-refractivity contribution in [3.8, 4) is 0 Å². The predicted octanol–water partition coefficient (Wildman–Crippen LogP) is 4.43. The van der Waals surface area contributed by atoms with Gasteiger partial charge in [-0.2, -0.15) is 0 Å². The lowest BCUT2D eigenvalue weighted by Gasteiger charge is -2.48. The minimum atomic E-state index is -2.19. The molecule has 28 heavy (non-hydrogen) atoms. The highest BCUT2D eigenvalue weighted by atomic mass is 35.6. The maximum absolute atomic E-state index is 11.7. The molecule has 0 saturated carbocycles. The first-order valence-corrected chi connectivity index (χ1v) is 12.9. The molecule has 0 radical (unpaired) electrons. The number of halogens is 3. The van der Waals surface area contributed by atoms with E-state index in [1.54, 1.807) is 6.92 Å². The predicted molar refractivity (Wildman–Crippen MR) is 112 cm³/mol. The van der Waals surface area contributed by atoms with Crippen LogP contribution in [0, 0.1) is 5.41 Å². The minimum Gasteiger partial charge on any atom is -0.453 e. The van der Waals surface area contributed by atoms with Gasteiger partial charge in [-0.25, -0.2) is 0 Å². The van der Waals surface area contributed by atoms with Crippen molar-refractivity contribution in [1.82, 2.24) is 0 Å². The highest BCUT2D eigenvalue weighted by Gasteiger charge is 2.52. The van der Waals surface area contributed by atoms with Crippen molar-refractivity contribution in [2.45, 2.75) is 87.2 Å². The monoisotopic (exact) mass is 477 g/mol. The summed E-state index contributed by atoms with van der Waals surface area (Å²) in [6.07, 6.45) is -3.90. The number of carbonyl (C=O) groups excluding carboxylic acids is 1. The first-order valence-electron chi connectivity index (χ1n) is 8.87. The Labute approximate surface area is 182 Å². The van der Waals surface area contributed by atoms with Gasteiger partial charge < -0.3 is 23.4 Å². The summed E-state index contributed by atoms with van der Waals surface area (Å²) < 4.78 is 26.7. The van der Waals surface area contributed by atoms with Crippen molar-refractivity contribution in [3.05, 3.63) is 0 Å². The first kappa shape index (κ1) is 25.9. The number of rotatable bonds is 5. The molecule has 0 bridgehead atoms. The van der Waals surface area contributed by atoms with E-state index >= 15 is 0 Å². The molecule has 1 aliphatic rings. The Hall–Kier alpha value is -0.0931. The van der Waals surface area contributed by atoms with E-state index in [1.165, 1.54) is 14.0 Å². The van der Waals surface area contributed by atoms with Gasteiger partial charge in [0, 0.05) is 14.0 Å². The van der Waals surface area contributed by atoms with E-state index in [0.29, 0.717) is 0 Å². The average molecular weight is 479 g/mol. The van der Waals surface area contributed by atoms with E-state index in [1.807, 2.05) is 0 Å². The van der Waals surface area contributed by atoms with E-state index in [0.717, 1.165) is 0 Å². The number of esters is 1. The van der Waals surface area contributed by atoms with Crippen molar-refractivity contribution in [2.24, 2.45) is 0 Å². The molecule has 0 spiro atoms. The van der Waals surface area contributed by atoms with Crippen LogP contribution in [0.25, 0.3) is 0 Å². The fourth-order valence-corrected chi connectivity index (χ4v) is 4.01. The third kappa shape index (κ3) is 6.45. The molecule has 0 amide bonds. The van der Waals surface area contributed by atoms with Gasteiger partial charge in [-0.1, -0.05) is 55.6 Å². The third-order valence-electron chi connectivity index (χ3n) is 5.03.